The third-order valence-corrected chi connectivity index (χ3v) is 13.0. The summed E-state index contributed by atoms with van der Waals surface area (Å²) in [4.78, 5) is 0. The lowest BCUT2D eigenvalue weighted by molar-refractivity contribution is 0.420. The first-order valence-electron chi connectivity index (χ1n) is 2.86. The Morgan fingerprint density at radius 2 is 1.62 bits per heavy atom. The number of rotatable bonds is 2. The highest BCUT2D eigenvalue weighted by atomic mass is 29.2. The van der Waals surface area contributed by atoms with Crippen molar-refractivity contribution >= 4 is 16.1 Å². The van der Waals surface area contributed by atoms with E-state index in [2.05, 4.69) is 26.2 Å². The molecule has 0 aromatic rings. The Morgan fingerprint density at radius 1 is 1.25 bits per heavy atom. The molecule has 0 fully saturated rings. The Morgan fingerprint density at radius 3 is 1.62 bits per heavy atom. The van der Waals surface area contributed by atoms with Gasteiger partial charge in [0.25, 0.3) is 0 Å². The summed E-state index contributed by atoms with van der Waals surface area (Å²) in [5, 5.41) is 0. The highest BCUT2D eigenvalue weighted by Gasteiger charge is 2.11. The Hall–Kier alpha value is 0.394. The van der Waals surface area contributed by atoms with Gasteiger partial charge < -0.3 is 4.43 Å². The molecule has 0 N–H and O–H groups in total. The van der Waals surface area contributed by atoms with Gasteiger partial charge in [0, 0.05) is 14.9 Å². The highest BCUT2D eigenvalue weighted by Crippen LogP contribution is 2.05. The third kappa shape index (κ3) is 2.11. The van der Waals surface area contributed by atoms with E-state index in [4.69, 9.17) is 4.43 Å². The summed E-state index contributed by atoms with van der Waals surface area (Å²) in [6.07, 6.45) is 0. The first-order valence-corrected chi connectivity index (χ1v) is 9.27. The number of hydrogen-bond acceptors (Lipinski definition) is 1. The van der Waals surface area contributed by atoms with Crippen molar-refractivity contribution in [1.29, 1.82) is 0 Å². The van der Waals surface area contributed by atoms with Crippen molar-refractivity contribution in [1.82, 2.24) is 0 Å². The van der Waals surface area contributed by atoms with Crippen LogP contribution in [0.25, 0.3) is 0 Å². The molecule has 0 heterocycles. The van der Waals surface area contributed by atoms with Crippen molar-refractivity contribution in [3.8, 4) is 0 Å². The Kier molecular flexibility index (Phi) is 2.94. The van der Waals surface area contributed by atoms with Crippen LogP contribution in [0.3, 0.4) is 0 Å². The minimum Gasteiger partial charge on any atom is -0.456 e. The molecule has 0 aromatic heterocycles. The lowest BCUT2D eigenvalue weighted by atomic mass is 11.8. The van der Waals surface area contributed by atoms with Gasteiger partial charge in [0.1, 0.15) is 0 Å². The minimum atomic E-state index is -1.15. The SMILES string of the molecule is CO[Si](C)(C)[Si-](C)C. The maximum atomic E-state index is 5.38. The average molecular weight is 147 g/mol. The van der Waals surface area contributed by atoms with E-state index in [-0.39, 0.29) is 8.31 Å². The monoisotopic (exact) mass is 147 g/mol. The van der Waals surface area contributed by atoms with E-state index >= 15 is 0 Å². The Balaban J connectivity index is 3.71. The fourth-order valence-corrected chi connectivity index (χ4v) is 1.84. The molecular formula is C5H15OSi2-. The summed E-state index contributed by atoms with van der Waals surface area (Å²) in [5.74, 6) is 0. The van der Waals surface area contributed by atoms with E-state index in [0.29, 0.717) is 0 Å². The largest absolute Gasteiger partial charge is 0.456 e. The first kappa shape index (κ1) is 8.39. The smallest absolute Gasteiger partial charge is 0.0247 e. The van der Waals surface area contributed by atoms with E-state index in [0.717, 1.165) is 0 Å². The summed E-state index contributed by atoms with van der Waals surface area (Å²) in [7, 11) is 0.539. The molecule has 0 aromatic carbocycles. The average Bonchev–Trinajstić information content (AvgIpc) is 1.67. The van der Waals surface area contributed by atoms with Crippen LogP contribution in [-0.4, -0.2) is 23.3 Å². The number of hydrogen-bond donors (Lipinski definition) is 0. The van der Waals surface area contributed by atoms with E-state index in [1.54, 1.807) is 0 Å². The molecule has 0 spiro atoms. The molecule has 0 aliphatic rings. The molecule has 3 heteroatoms. The van der Waals surface area contributed by atoms with Gasteiger partial charge >= 0.3 is 0 Å². The summed E-state index contributed by atoms with van der Waals surface area (Å²) in [6, 6.07) is 0. The quantitative estimate of drug-likeness (QED) is 0.540. The highest BCUT2D eigenvalue weighted by molar-refractivity contribution is 7.28. The van der Waals surface area contributed by atoms with E-state index in [9.17, 15) is 0 Å². The summed E-state index contributed by atoms with van der Waals surface area (Å²) in [5.41, 5.74) is 0. The molecule has 0 aliphatic heterocycles. The molecule has 0 aliphatic carbocycles. The third-order valence-electron chi connectivity index (χ3n) is 1.71. The van der Waals surface area contributed by atoms with Crippen LogP contribution >= 0.6 is 0 Å². The van der Waals surface area contributed by atoms with Crippen LogP contribution in [0.15, 0.2) is 0 Å². The van der Waals surface area contributed by atoms with E-state index < -0.39 is 7.83 Å². The van der Waals surface area contributed by atoms with Gasteiger partial charge in [0.05, 0.1) is 0 Å². The maximum Gasteiger partial charge on any atom is 0.0247 e. The molecule has 0 saturated carbocycles. The molecule has 0 atom stereocenters. The van der Waals surface area contributed by atoms with Crippen molar-refractivity contribution < 1.29 is 4.43 Å². The zero-order valence-corrected chi connectivity index (χ0v) is 8.41. The van der Waals surface area contributed by atoms with Gasteiger partial charge in [-0.15, -0.1) is 0 Å². The van der Waals surface area contributed by atoms with E-state index in [1.165, 1.54) is 0 Å². The fraction of sp³-hybridized carbons (Fsp3) is 1.00. The Labute approximate surface area is 54.6 Å². The van der Waals surface area contributed by atoms with Crippen molar-refractivity contribution in [3.63, 3.8) is 0 Å². The van der Waals surface area contributed by atoms with Crippen LogP contribution in [0.5, 0.6) is 0 Å². The van der Waals surface area contributed by atoms with Gasteiger partial charge in [-0.2, -0.15) is 13.1 Å². The Bertz CT molecular complexity index is 70.8. The molecule has 0 rings (SSSR count). The zero-order valence-electron chi connectivity index (χ0n) is 6.41. The standard InChI is InChI=1S/C5H15OSi2/c1-6-8(4,5)7(2)3/h1-5H3/q-1. The molecule has 0 bridgehead atoms. The predicted molar refractivity (Wildman–Crippen MR) is 42.0 cm³/mol. The second-order valence-electron chi connectivity index (χ2n) is 2.71. The predicted octanol–water partition coefficient (Wildman–Crippen LogP) is 1.67. The van der Waals surface area contributed by atoms with Gasteiger partial charge in [0.15, 0.2) is 0 Å². The first-order chi connectivity index (χ1) is 3.50. The van der Waals surface area contributed by atoms with Gasteiger partial charge in [-0.3, -0.25) is 0 Å². The molecular weight excluding hydrogens is 132 g/mol. The van der Waals surface area contributed by atoms with Gasteiger partial charge in [0.2, 0.25) is 0 Å². The molecule has 50 valence electrons. The van der Waals surface area contributed by atoms with Crippen LogP contribution < -0.4 is 0 Å². The second-order valence-corrected chi connectivity index (χ2v) is 14.8. The van der Waals surface area contributed by atoms with Crippen molar-refractivity contribution in [3.05, 3.63) is 0 Å². The second kappa shape index (κ2) is 2.80. The van der Waals surface area contributed by atoms with Crippen molar-refractivity contribution in [2.75, 3.05) is 7.11 Å². The van der Waals surface area contributed by atoms with Crippen LogP contribution in [0.1, 0.15) is 0 Å². The molecule has 1 nitrogen and oxygen atoms in total. The van der Waals surface area contributed by atoms with Gasteiger partial charge in [-0.25, -0.2) is 8.31 Å². The lowest BCUT2D eigenvalue weighted by Crippen LogP contribution is -2.43. The van der Waals surface area contributed by atoms with Crippen LogP contribution in [0.4, 0.5) is 0 Å². The van der Waals surface area contributed by atoms with Gasteiger partial charge in [-0.1, -0.05) is 13.1 Å². The molecule has 8 heavy (non-hydrogen) atoms. The summed E-state index contributed by atoms with van der Waals surface area (Å²) >= 11 is 0. The van der Waals surface area contributed by atoms with Crippen molar-refractivity contribution in [2.45, 2.75) is 26.2 Å². The molecule has 0 saturated heterocycles. The van der Waals surface area contributed by atoms with E-state index in [1.807, 2.05) is 7.11 Å². The summed E-state index contributed by atoms with van der Waals surface area (Å²) in [6.45, 7) is 9.20. The van der Waals surface area contributed by atoms with Crippen LogP contribution in [-0.2, 0) is 4.43 Å². The van der Waals surface area contributed by atoms with Crippen LogP contribution in [0.2, 0.25) is 26.2 Å². The van der Waals surface area contributed by atoms with Crippen LogP contribution in [0, 0.1) is 0 Å². The molecule has 0 radical (unpaired) electrons. The molecule has 0 unspecified atom stereocenters. The topological polar surface area (TPSA) is 9.23 Å². The fourth-order valence-electron chi connectivity index (χ4n) is 0.204. The maximum absolute atomic E-state index is 5.38. The molecule has 0 amide bonds. The lowest BCUT2D eigenvalue weighted by Gasteiger charge is -2.36. The normalized spacial score (nSPS) is 12.8. The zero-order chi connectivity index (χ0) is 6.78. The minimum absolute atomic E-state index is 0.145. The summed E-state index contributed by atoms with van der Waals surface area (Å²) < 4.78 is 5.38. The van der Waals surface area contributed by atoms with Crippen molar-refractivity contribution in [2.24, 2.45) is 0 Å². The van der Waals surface area contributed by atoms with Gasteiger partial charge in [-0.05, 0) is 0 Å².